The van der Waals surface area contributed by atoms with Gasteiger partial charge in [-0.3, -0.25) is 9.69 Å². The highest BCUT2D eigenvalue weighted by molar-refractivity contribution is 5.67. The van der Waals surface area contributed by atoms with Crippen molar-refractivity contribution in [3.8, 4) is 0 Å². The van der Waals surface area contributed by atoms with Crippen LogP contribution < -0.4 is 0 Å². The second kappa shape index (κ2) is 10.8. The molecule has 196 valence electrons. The monoisotopic (exact) mass is 493 g/mol. The molecule has 3 saturated carbocycles. The molecule has 3 aliphatic rings. The number of halogens is 3. The van der Waals surface area contributed by atoms with Crippen molar-refractivity contribution in [1.29, 1.82) is 0 Å². The molecule has 1 N–H and O–H groups in total. The van der Waals surface area contributed by atoms with E-state index in [1.807, 2.05) is 0 Å². The van der Waals surface area contributed by atoms with E-state index in [1.54, 1.807) is 12.1 Å². The van der Waals surface area contributed by atoms with Gasteiger partial charge in [-0.15, -0.1) is 0 Å². The molecular weight excluding hydrogens is 451 g/mol. The Morgan fingerprint density at radius 1 is 0.971 bits per heavy atom. The second-order valence-electron chi connectivity index (χ2n) is 12.3. The van der Waals surface area contributed by atoms with E-state index in [4.69, 9.17) is 0 Å². The molecule has 0 heterocycles. The zero-order chi connectivity index (χ0) is 25.2. The van der Waals surface area contributed by atoms with Crippen molar-refractivity contribution in [2.24, 2.45) is 23.2 Å². The number of carboxylic acids is 1. The fourth-order valence-electron chi connectivity index (χ4n) is 7.28. The van der Waals surface area contributed by atoms with Crippen molar-refractivity contribution in [1.82, 2.24) is 4.90 Å². The Morgan fingerprint density at radius 2 is 1.66 bits per heavy atom. The smallest absolute Gasteiger partial charge is 0.416 e. The number of carbonyl (C=O) groups is 1. The van der Waals surface area contributed by atoms with Gasteiger partial charge in [-0.2, -0.15) is 13.2 Å². The molecule has 0 aromatic heterocycles. The maximum atomic E-state index is 13.2. The average molecular weight is 494 g/mol. The maximum Gasteiger partial charge on any atom is 0.416 e. The Hall–Kier alpha value is -1.56. The molecule has 1 aromatic carbocycles. The van der Waals surface area contributed by atoms with Gasteiger partial charge in [0.15, 0.2) is 0 Å². The molecule has 35 heavy (non-hydrogen) atoms. The van der Waals surface area contributed by atoms with Crippen molar-refractivity contribution >= 4 is 5.97 Å². The SMILES string of the molecule is CC1(C)CCCC1CN(CC1CCCC1)[C@@H]1CC[C@@H](CC(=O)O)C[C@H]1c1ccc(C(F)(F)F)cc1. The van der Waals surface area contributed by atoms with Crippen molar-refractivity contribution in [3.63, 3.8) is 0 Å². The number of hydrogen-bond donors (Lipinski definition) is 1. The van der Waals surface area contributed by atoms with Gasteiger partial charge in [-0.05, 0) is 91.7 Å². The lowest BCUT2D eigenvalue weighted by Gasteiger charge is -2.46. The molecule has 0 aliphatic heterocycles. The summed E-state index contributed by atoms with van der Waals surface area (Å²) in [7, 11) is 0. The summed E-state index contributed by atoms with van der Waals surface area (Å²) in [5.74, 6) is 0.696. The summed E-state index contributed by atoms with van der Waals surface area (Å²) in [6.45, 7) is 6.89. The second-order valence-corrected chi connectivity index (χ2v) is 12.3. The molecule has 3 aliphatic carbocycles. The number of nitrogens with zero attached hydrogens (tertiary/aromatic N) is 1. The van der Waals surface area contributed by atoms with Gasteiger partial charge in [0.2, 0.25) is 0 Å². The molecule has 0 amide bonds. The van der Waals surface area contributed by atoms with E-state index in [-0.39, 0.29) is 24.3 Å². The molecule has 1 aromatic rings. The van der Waals surface area contributed by atoms with E-state index in [1.165, 1.54) is 57.1 Å². The highest BCUT2D eigenvalue weighted by Crippen LogP contribution is 2.46. The lowest BCUT2D eigenvalue weighted by Crippen LogP contribution is -2.48. The van der Waals surface area contributed by atoms with Crippen molar-refractivity contribution < 1.29 is 23.1 Å². The van der Waals surface area contributed by atoms with Gasteiger partial charge in [0, 0.05) is 25.6 Å². The first kappa shape index (κ1) is 26.5. The summed E-state index contributed by atoms with van der Waals surface area (Å²) in [5.41, 5.74) is 0.629. The number of aliphatic carboxylic acids is 1. The van der Waals surface area contributed by atoms with E-state index in [2.05, 4.69) is 18.7 Å². The van der Waals surface area contributed by atoms with E-state index in [0.29, 0.717) is 17.3 Å². The Labute approximate surface area is 208 Å². The van der Waals surface area contributed by atoms with Crippen LogP contribution in [0, 0.1) is 23.2 Å². The van der Waals surface area contributed by atoms with Crippen LogP contribution in [0.15, 0.2) is 24.3 Å². The van der Waals surface area contributed by atoms with E-state index >= 15 is 0 Å². The van der Waals surface area contributed by atoms with Gasteiger partial charge in [-0.1, -0.05) is 45.2 Å². The Balaban J connectivity index is 1.61. The van der Waals surface area contributed by atoms with Crippen molar-refractivity contribution in [2.75, 3.05) is 13.1 Å². The van der Waals surface area contributed by atoms with Crippen LogP contribution in [0.1, 0.15) is 102 Å². The van der Waals surface area contributed by atoms with Crippen molar-refractivity contribution in [3.05, 3.63) is 35.4 Å². The minimum Gasteiger partial charge on any atom is -0.481 e. The van der Waals surface area contributed by atoms with Crippen LogP contribution in [0.4, 0.5) is 13.2 Å². The molecule has 4 rings (SSSR count). The average Bonchev–Trinajstić information content (AvgIpc) is 3.41. The molecule has 0 saturated heterocycles. The van der Waals surface area contributed by atoms with Crippen LogP contribution in [0.3, 0.4) is 0 Å². The van der Waals surface area contributed by atoms with Crippen LogP contribution in [0.5, 0.6) is 0 Å². The zero-order valence-electron chi connectivity index (χ0n) is 21.3. The summed E-state index contributed by atoms with van der Waals surface area (Å²) >= 11 is 0. The van der Waals surface area contributed by atoms with E-state index < -0.39 is 17.7 Å². The molecule has 4 atom stereocenters. The normalized spacial score (nSPS) is 29.7. The molecule has 3 fully saturated rings. The van der Waals surface area contributed by atoms with E-state index in [9.17, 15) is 23.1 Å². The fourth-order valence-corrected chi connectivity index (χ4v) is 7.28. The minimum atomic E-state index is -4.35. The number of hydrogen-bond acceptors (Lipinski definition) is 2. The highest BCUT2D eigenvalue weighted by Gasteiger charge is 2.41. The summed E-state index contributed by atoms with van der Waals surface area (Å²) < 4.78 is 39.7. The van der Waals surface area contributed by atoms with Gasteiger partial charge in [0.05, 0.1) is 5.56 Å². The third-order valence-corrected chi connectivity index (χ3v) is 9.42. The van der Waals surface area contributed by atoms with Gasteiger partial charge in [0.1, 0.15) is 0 Å². The van der Waals surface area contributed by atoms with Crippen LogP contribution >= 0.6 is 0 Å². The first-order valence-electron chi connectivity index (χ1n) is 13.7. The summed E-state index contributed by atoms with van der Waals surface area (Å²) in [6.07, 6.45) is 7.21. The van der Waals surface area contributed by atoms with Crippen molar-refractivity contribution in [2.45, 2.75) is 103 Å². The highest BCUT2D eigenvalue weighted by atomic mass is 19.4. The summed E-state index contributed by atoms with van der Waals surface area (Å²) in [4.78, 5) is 14.2. The lowest BCUT2D eigenvalue weighted by atomic mass is 9.72. The van der Waals surface area contributed by atoms with Crippen LogP contribution in [0.25, 0.3) is 0 Å². The standard InChI is InChI=1S/C29H42F3NO2/c1-28(2)15-5-8-24(28)19-33(18-20-6-3-4-7-20)26-14-9-21(17-27(34)35)16-25(26)22-10-12-23(13-11-22)29(30,31)32/h10-13,20-21,24-26H,3-9,14-19H2,1-2H3,(H,34,35)/t21-,24?,25+,26-/m1/s1. The molecule has 6 heteroatoms. The molecule has 0 spiro atoms. The summed E-state index contributed by atoms with van der Waals surface area (Å²) in [5, 5.41) is 9.43. The predicted molar refractivity (Wildman–Crippen MR) is 132 cm³/mol. The third kappa shape index (κ3) is 6.61. The first-order valence-corrected chi connectivity index (χ1v) is 13.7. The number of carboxylic acid groups (broad SMARTS) is 1. The zero-order valence-corrected chi connectivity index (χ0v) is 21.3. The lowest BCUT2D eigenvalue weighted by molar-refractivity contribution is -0.139. The third-order valence-electron chi connectivity index (χ3n) is 9.42. The molecule has 0 radical (unpaired) electrons. The quantitative estimate of drug-likeness (QED) is 0.402. The van der Waals surface area contributed by atoms with Gasteiger partial charge in [0.25, 0.3) is 0 Å². The Morgan fingerprint density at radius 3 is 2.23 bits per heavy atom. The largest absolute Gasteiger partial charge is 0.481 e. The number of rotatable bonds is 8. The topological polar surface area (TPSA) is 40.5 Å². The maximum absolute atomic E-state index is 13.2. The van der Waals surface area contributed by atoms with E-state index in [0.717, 1.165) is 37.9 Å². The van der Waals surface area contributed by atoms with Gasteiger partial charge in [-0.25, -0.2) is 0 Å². The Kier molecular flexibility index (Phi) is 8.19. The van der Waals surface area contributed by atoms with Gasteiger partial charge >= 0.3 is 12.1 Å². The predicted octanol–water partition coefficient (Wildman–Crippen LogP) is 7.75. The van der Waals surface area contributed by atoms with Crippen LogP contribution in [-0.2, 0) is 11.0 Å². The number of alkyl halides is 3. The molecule has 0 bridgehead atoms. The van der Waals surface area contributed by atoms with Crippen LogP contribution in [0.2, 0.25) is 0 Å². The fraction of sp³-hybridized carbons (Fsp3) is 0.759. The minimum absolute atomic E-state index is 0.0707. The Bertz CT molecular complexity index is 844. The summed E-state index contributed by atoms with van der Waals surface area (Å²) in [6, 6.07) is 5.96. The molecule has 1 unspecified atom stereocenters. The number of benzene rings is 1. The van der Waals surface area contributed by atoms with Crippen LogP contribution in [-0.4, -0.2) is 35.1 Å². The first-order chi connectivity index (χ1) is 16.5. The molecule has 3 nitrogen and oxygen atoms in total. The van der Waals surface area contributed by atoms with Gasteiger partial charge < -0.3 is 5.11 Å². The molecular formula is C29H42F3NO2.